The summed E-state index contributed by atoms with van der Waals surface area (Å²) in [7, 11) is -3.52. The Bertz CT molecular complexity index is 643. The Morgan fingerprint density at radius 3 is 2.46 bits per heavy atom. The first kappa shape index (κ1) is 19.2. The first-order valence-electron chi connectivity index (χ1n) is 8.08. The van der Waals surface area contributed by atoms with Crippen LogP contribution in [0.1, 0.15) is 19.3 Å². The Morgan fingerprint density at radius 2 is 1.88 bits per heavy atom. The maximum Gasteiger partial charge on any atom is 0.240 e. The Kier molecular flexibility index (Phi) is 7.06. The Morgan fingerprint density at radius 1 is 1.25 bits per heavy atom. The molecule has 1 saturated heterocycles. The van der Waals surface area contributed by atoms with Crippen LogP contribution >= 0.6 is 15.9 Å². The Balaban J connectivity index is 1.84. The van der Waals surface area contributed by atoms with Crippen LogP contribution in [0.2, 0.25) is 0 Å². The number of benzene rings is 1. The Labute approximate surface area is 152 Å². The number of anilines is 1. The second-order valence-corrected chi connectivity index (χ2v) is 8.82. The van der Waals surface area contributed by atoms with Gasteiger partial charge in [0.25, 0.3) is 0 Å². The smallest absolute Gasteiger partial charge is 0.240 e. The molecular weight excluding hydrogens is 394 g/mol. The van der Waals surface area contributed by atoms with Gasteiger partial charge in [-0.05, 0) is 63.2 Å². The molecule has 8 heteroatoms. The highest BCUT2D eigenvalue weighted by molar-refractivity contribution is 9.10. The minimum absolute atomic E-state index is 0.204. The number of likely N-dealkylation sites (tertiary alicyclic amines) is 1. The number of carbonyl (C=O) groups is 1. The zero-order chi connectivity index (χ0) is 17.6. The van der Waals surface area contributed by atoms with Gasteiger partial charge < -0.3 is 10.2 Å². The molecule has 0 saturated carbocycles. The zero-order valence-electron chi connectivity index (χ0n) is 13.9. The van der Waals surface area contributed by atoms with Crippen molar-refractivity contribution >= 4 is 37.5 Å². The van der Waals surface area contributed by atoms with Crippen LogP contribution in [0.15, 0.2) is 28.7 Å². The minimum atomic E-state index is -3.52. The van der Waals surface area contributed by atoms with Gasteiger partial charge in [-0.15, -0.1) is 0 Å². The van der Waals surface area contributed by atoms with E-state index in [2.05, 4.69) is 26.1 Å². The van der Waals surface area contributed by atoms with E-state index < -0.39 is 10.0 Å². The molecule has 0 aliphatic carbocycles. The molecule has 24 heavy (non-hydrogen) atoms. The number of hydrogen-bond acceptors (Lipinski definition) is 4. The highest BCUT2D eigenvalue weighted by atomic mass is 79.9. The molecule has 1 fully saturated rings. The molecule has 134 valence electrons. The lowest BCUT2D eigenvalue weighted by Gasteiger charge is -2.22. The van der Waals surface area contributed by atoms with Crippen LogP contribution in [0.3, 0.4) is 0 Å². The molecule has 0 aromatic heterocycles. The number of sulfonamides is 1. The van der Waals surface area contributed by atoms with Gasteiger partial charge in [0, 0.05) is 11.0 Å². The molecule has 1 aliphatic heterocycles. The number of hydrogen-bond donors (Lipinski definition) is 1. The van der Waals surface area contributed by atoms with Gasteiger partial charge in [-0.2, -0.15) is 0 Å². The average Bonchev–Trinajstić information content (AvgIpc) is 3.02. The predicted octanol–water partition coefficient (Wildman–Crippen LogP) is 1.82. The predicted molar refractivity (Wildman–Crippen MR) is 99.6 cm³/mol. The SMILES string of the molecule is CS(=O)(=O)N(CC(=O)NCCCN1CCCC1)c1ccc(Br)cc1. The second kappa shape index (κ2) is 8.82. The summed E-state index contributed by atoms with van der Waals surface area (Å²) in [6, 6.07) is 6.85. The van der Waals surface area contributed by atoms with Gasteiger partial charge in [-0.1, -0.05) is 15.9 Å². The molecule has 1 aliphatic rings. The van der Waals surface area contributed by atoms with Crippen molar-refractivity contribution in [1.29, 1.82) is 0 Å². The summed E-state index contributed by atoms with van der Waals surface area (Å²) < 4.78 is 25.9. The molecule has 0 atom stereocenters. The molecule has 6 nitrogen and oxygen atoms in total. The molecule has 0 bridgehead atoms. The molecule has 1 N–H and O–H groups in total. The quantitative estimate of drug-likeness (QED) is 0.654. The number of halogens is 1. The average molecular weight is 418 g/mol. The van der Waals surface area contributed by atoms with Crippen molar-refractivity contribution in [2.75, 3.05) is 43.3 Å². The lowest BCUT2D eigenvalue weighted by molar-refractivity contribution is -0.119. The van der Waals surface area contributed by atoms with E-state index in [4.69, 9.17) is 0 Å². The van der Waals surface area contributed by atoms with Crippen LogP contribution < -0.4 is 9.62 Å². The lowest BCUT2D eigenvalue weighted by atomic mass is 10.3. The van der Waals surface area contributed by atoms with Crippen molar-refractivity contribution in [1.82, 2.24) is 10.2 Å². The van der Waals surface area contributed by atoms with Crippen LogP contribution in [-0.4, -0.2) is 58.2 Å². The molecule has 1 aromatic carbocycles. The van der Waals surface area contributed by atoms with Crippen LogP contribution in [-0.2, 0) is 14.8 Å². The second-order valence-electron chi connectivity index (χ2n) is 6.00. The van der Waals surface area contributed by atoms with Crippen LogP contribution in [0, 0.1) is 0 Å². The number of carbonyl (C=O) groups excluding carboxylic acids is 1. The van der Waals surface area contributed by atoms with Crippen molar-refractivity contribution in [2.45, 2.75) is 19.3 Å². The van der Waals surface area contributed by atoms with E-state index in [1.165, 1.54) is 12.8 Å². The van der Waals surface area contributed by atoms with E-state index in [1.807, 2.05) is 0 Å². The fourth-order valence-electron chi connectivity index (χ4n) is 2.73. The molecule has 0 unspecified atom stereocenters. The summed E-state index contributed by atoms with van der Waals surface area (Å²) in [5, 5.41) is 2.81. The third-order valence-electron chi connectivity index (χ3n) is 3.97. The lowest BCUT2D eigenvalue weighted by Crippen LogP contribution is -2.41. The fraction of sp³-hybridized carbons (Fsp3) is 0.562. The van der Waals surface area contributed by atoms with Gasteiger partial charge in [0.05, 0.1) is 11.9 Å². The summed E-state index contributed by atoms with van der Waals surface area (Å²) in [6.07, 6.45) is 4.49. The molecule has 1 aromatic rings. The van der Waals surface area contributed by atoms with E-state index in [0.717, 1.165) is 41.1 Å². The van der Waals surface area contributed by atoms with Gasteiger partial charge in [0.1, 0.15) is 6.54 Å². The van der Waals surface area contributed by atoms with E-state index in [9.17, 15) is 13.2 Å². The molecule has 1 amide bonds. The zero-order valence-corrected chi connectivity index (χ0v) is 16.3. The highest BCUT2D eigenvalue weighted by Gasteiger charge is 2.20. The van der Waals surface area contributed by atoms with Crippen molar-refractivity contribution in [3.8, 4) is 0 Å². The summed E-state index contributed by atoms with van der Waals surface area (Å²) >= 11 is 3.31. The maximum absolute atomic E-state index is 12.1. The standard InChI is InChI=1S/C16H24BrN3O3S/c1-24(22,23)20(15-7-5-14(17)6-8-15)13-16(21)18-9-4-12-19-10-2-3-11-19/h5-8H,2-4,9-13H2,1H3,(H,18,21). The van der Waals surface area contributed by atoms with E-state index in [0.29, 0.717) is 12.2 Å². The molecular formula is C16H24BrN3O3S. The minimum Gasteiger partial charge on any atom is -0.354 e. The van der Waals surface area contributed by atoms with Crippen molar-refractivity contribution in [3.05, 3.63) is 28.7 Å². The van der Waals surface area contributed by atoms with Crippen LogP contribution in [0.4, 0.5) is 5.69 Å². The molecule has 0 radical (unpaired) electrons. The van der Waals surface area contributed by atoms with Crippen molar-refractivity contribution in [2.24, 2.45) is 0 Å². The van der Waals surface area contributed by atoms with Crippen molar-refractivity contribution < 1.29 is 13.2 Å². The maximum atomic E-state index is 12.1. The molecule has 1 heterocycles. The topological polar surface area (TPSA) is 69.7 Å². The first-order valence-corrected chi connectivity index (χ1v) is 10.7. The number of rotatable bonds is 8. The first-order chi connectivity index (χ1) is 11.4. The van der Waals surface area contributed by atoms with Gasteiger partial charge >= 0.3 is 0 Å². The van der Waals surface area contributed by atoms with Gasteiger partial charge in [-0.3, -0.25) is 9.10 Å². The van der Waals surface area contributed by atoms with Gasteiger partial charge in [0.15, 0.2) is 0 Å². The largest absolute Gasteiger partial charge is 0.354 e. The van der Waals surface area contributed by atoms with Crippen LogP contribution in [0.5, 0.6) is 0 Å². The van der Waals surface area contributed by atoms with E-state index >= 15 is 0 Å². The summed E-state index contributed by atoms with van der Waals surface area (Å²) in [5.41, 5.74) is 0.480. The number of nitrogens with one attached hydrogen (secondary N) is 1. The molecule has 0 spiro atoms. The monoisotopic (exact) mass is 417 g/mol. The number of amides is 1. The normalized spacial score (nSPS) is 15.4. The van der Waals surface area contributed by atoms with Gasteiger partial charge in [0.2, 0.25) is 15.9 Å². The van der Waals surface area contributed by atoms with E-state index in [-0.39, 0.29) is 12.5 Å². The third kappa shape index (κ3) is 6.07. The third-order valence-corrected chi connectivity index (χ3v) is 5.64. The van der Waals surface area contributed by atoms with Crippen LogP contribution in [0.25, 0.3) is 0 Å². The number of nitrogens with zero attached hydrogens (tertiary/aromatic N) is 2. The summed E-state index contributed by atoms with van der Waals surface area (Å²) in [5.74, 6) is -0.287. The molecule has 2 rings (SSSR count). The summed E-state index contributed by atoms with van der Waals surface area (Å²) in [4.78, 5) is 14.5. The van der Waals surface area contributed by atoms with Crippen molar-refractivity contribution in [3.63, 3.8) is 0 Å². The Hall–Kier alpha value is -1.12. The van der Waals surface area contributed by atoms with Gasteiger partial charge in [-0.25, -0.2) is 8.42 Å². The summed E-state index contributed by atoms with van der Waals surface area (Å²) in [6.45, 7) is 3.61. The van der Waals surface area contributed by atoms with E-state index in [1.54, 1.807) is 24.3 Å². The fourth-order valence-corrected chi connectivity index (χ4v) is 3.85. The highest BCUT2D eigenvalue weighted by Crippen LogP contribution is 2.20.